The van der Waals surface area contributed by atoms with Gasteiger partial charge < -0.3 is 65.1 Å². The summed E-state index contributed by atoms with van der Waals surface area (Å²) in [4.78, 5) is 13.1. The molecule has 14 nitrogen and oxygen atoms in total. The first-order valence-electron chi connectivity index (χ1n) is 26.9. The lowest BCUT2D eigenvalue weighted by atomic mass is 9.97. The van der Waals surface area contributed by atoms with Crippen LogP contribution in [-0.4, -0.2) is 140 Å². The van der Waals surface area contributed by atoms with Gasteiger partial charge in [-0.2, -0.15) is 0 Å². The van der Waals surface area contributed by atoms with E-state index in [0.717, 1.165) is 51.4 Å². The summed E-state index contributed by atoms with van der Waals surface area (Å²) in [6.07, 6.45) is 25.5. The summed E-state index contributed by atoms with van der Waals surface area (Å²) in [7, 11) is 0. The second-order valence-corrected chi connectivity index (χ2v) is 19.4. The Hall–Kier alpha value is -1.27. The van der Waals surface area contributed by atoms with E-state index in [9.17, 15) is 45.6 Å². The maximum Gasteiger partial charge on any atom is 0.220 e. The van der Waals surface area contributed by atoms with Crippen molar-refractivity contribution in [3.05, 3.63) is 12.2 Å². The molecule has 0 aromatic rings. The van der Waals surface area contributed by atoms with Crippen molar-refractivity contribution in [2.75, 3.05) is 19.8 Å². The van der Waals surface area contributed by atoms with Crippen molar-refractivity contribution >= 4 is 5.91 Å². The molecule has 2 aliphatic rings. The average molecular weight is 946 g/mol. The molecule has 2 aliphatic heterocycles. The Balaban J connectivity index is 1.67. The molecule has 390 valence electrons. The minimum absolute atomic E-state index is 0.209. The Morgan fingerprint density at radius 1 is 0.530 bits per heavy atom. The molecule has 14 heteroatoms. The third-order valence-electron chi connectivity index (χ3n) is 13.5. The Labute approximate surface area is 399 Å². The van der Waals surface area contributed by atoms with Crippen LogP contribution in [0, 0.1) is 0 Å². The standard InChI is InChI=1S/C52H99NO13/c1-3-5-7-9-11-12-13-14-15-16-17-18-19-20-21-22-23-24-25-26-27-28-30-32-34-36-44(57)53-40(41(56)35-33-31-29-10-8-6-4-2)39-63-51-49(62)47(60)50(43(38-55)65-51)66-52-48(61)46(59)45(58)42(37-54)64-52/h16-17,40-43,45-52,54-56,58-62H,3-15,18-39H2,1-2H3,(H,53,57)/b17-16-. The van der Waals surface area contributed by atoms with Crippen molar-refractivity contribution in [2.24, 2.45) is 0 Å². The molecule has 0 spiro atoms. The van der Waals surface area contributed by atoms with Gasteiger partial charge in [0.15, 0.2) is 12.6 Å². The van der Waals surface area contributed by atoms with Crippen LogP contribution in [0.3, 0.4) is 0 Å². The van der Waals surface area contributed by atoms with E-state index in [1.54, 1.807) is 0 Å². The molecule has 9 N–H and O–H groups in total. The van der Waals surface area contributed by atoms with E-state index in [1.807, 2.05) is 0 Å². The molecule has 1 amide bonds. The van der Waals surface area contributed by atoms with E-state index in [4.69, 9.17) is 18.9 Å². The summed E-state index contributed by atoms with van der Waals surface area (Å²) in [6.45, 7) is 2.80. The van der Waals surface area contributed by atoms with Crippen LogP contribution in [0.2, 0.25) is 0 Å². The number of nitrogens with one attached hydrogen (secondary N) is 1. The van der Waals surface area contributed by atoms with Crippen molar-refractivity contribution < 1.29 is 64.6 Å². The third-order valence-corrected chi connectivity index (χ3v) is 13.5. The molecular weight excluding hydrogens is 847 g/mol. The van der Waals surface area contributed by atoms with Gasteiger partial charge >= 0.3 is 0 Å². The van der Waals surface area contributed by atoms with Gasteiger partial charge in [-0.15, -0.1) is 0 Å². The number of carbonyl (C=O) groups excluding carboxylic acids is 1. The molecule has 0 bridgehead atoms. The topological polar surface area (TPSA) is 228 Å². The Morgan fingerprint density at radius 2 is 0.955 bits per heavy atom. The van der Waals surface area contributed by atoms with E-state index in [2.05, 4.69) is 31.3 Å². The molecule has 12 unspecified atom stereocenters. The largest absolute Gasteiger partial charge is 0.394 e. The number of aliphatic hydroxyl groups excluding tert-OH is 8. The van der Waals surface area contributed by atoms with Crippen LogP contribution in [-0.2, 0) is 23.7 Å². The average Bonchev–Trinajstić information content (AvgIpc) is 3.31. The normalized spacial score (nSPS) is 26.8. The van der Waals surface area contributed by atoms with Crippen molar-refractivity contribution in [1.29, 1.82) is 0 Å². The smallest absolute Gasteiger partial charge is 0.220 e. The van der Waals surface area contributed by atoms with Crippen LogP contribution in [0.1, 0.15) is 219 Å². The van der Waals surface area contributed by atoms with Gasteiger partial charge in [-0.3, -0.25) is 4.79 Å². The molecule has 0 aliphatic carbocycles. The fraction of sp³-hybridized carbons (Fsp3) is 0.942. The number of unbranched alkanes of at least 4 members (excludes halogenated alkanes) is 27. The van der Waals surface area contributed by atoms with E-state index >= 15 is 0 Å². The number of hydrogen-bond donors (Lipinski definition) is 9. The van der Waals surface area contributed by atoms with Gasteiger partial charge in [0.05, 0.1) is 32.0 Å². The van der Waals surface area contributed by atoms with Gasteiger partial charge in [0.2, 0.25) is 5.91 Å². The number of aliphatic hydroxyl groups is 8. The lowest BCUT2D eigenvalue weighted by molar-refractivity contribution is -0.359. The Kier molecular flexibility index (Phi) is 36.4. The van der Waals surface area contributed by atoms with Gasteiger partial charge in [-0.25, -0.2) is 0 Å². The Morgan fingerprint density at radius 3 is 1.44 bits per heavy atom. The highest BCUT2D eigenvalue weighted by molar-refractivity contribution is 5.76. The fourth-order valence-electron chi connectivity index (χ4n) is 9.06. The first-order chi connectivity index (χ1) is 32.1. The van der Waals surface area contributed by atoms with Gasteiger partial charge in [-0.1, -0.05) is 187 Å². The van der Waals surface area contributed by atoms with Crippen LogP contribution in [0.4, 0.5) is 0 Å². The highest BCUT2D eigenvalue weighted by Crippen LogP contribution is 2.30. The van der Waals surface area contributed by atoms with Gasteiger partial charge in [0.1, 0.15) is 48.8 Å². The molecule has 0 aromatic heterocycles. The predicted molar refractivity (Wildman–Crippen MR) is 259 cm³/mol. The summed E-state index contributed by atoms with van der Waals surface area (Å²) in [5.74, 6) is -0.209. The third kappa shape index (κ3) is 26.1. The fourth-order valence-corrected chi connectivity index (χ4v) is 9.06. The summed E-state index contributed by atoms with van der Waals surface area (Å²) in [5, 5.41) is 86.6. The quantitative estimate of drug-likeness (QED) is 0.0213. The number of rotatable bonds is 42. The minimum Gasteiger partial charge on any atom is -0.394 e. The molecule has 2 heterocycles. The van der Waals surface area contributed by atoms with Crippen LogP contribution in [0.25, 0.3) is 0 Å². The zero-order valence-corrected chi connectivity index (χ0v) is 41.5. The molecule has 66 heavy (non-hydrogen) atoms. The lowest BCUT2D eigenvalue weighted by Gasteiger charge is -2.46. The SMILES string of the molecule is CCCCCCCCCC/C=C\CCCCCCCCCCCCCCCC(=O)NC(COC1OC(CO)C(OC2OC(CO)C(O)C(O)C2O)C(O)C1O)C(O)CCCCCCCCC. The number of hydrogen-bond acceptors (Lipinski definition) is 13. The predicted octanol–water partition coefficient (Wildman–Crippen LogP) is 7.55. The molecule has 0 radical (unpaired) electrons. The number of amides is 1. The van der Waals surface area contributed by atoms with Crippen molar-refractivity contribution in [3.8, 4) is 0 Å². The first kappa shape index (κ1) is 60.9. The lowest BCUT2D eigenvalue weighted by Crippen LogP contribution is -2.65. The van der Waals surface area contributed by atoms with E-state index in [1.165, 1.54) is 141 Å². The summed E-state index contributed by atoms with van der Waals surface area (Å²) in [6, 6.07) is -0.822. The molecule has 12 atom stereocenters. The summed E-state index contributed by atoms with van der Waals surface area (Å²) >= 11 is 0. The monoisotopic (exact) mass is 946 g/mol. The molecule has 0 aromatic carbocycles. The van der Waals surface area contributed by atoms with Crippen molar-refractivity contribution in [3.63, 3.8) is 0 Å². The van der Waals surface area contributed by atoms with Crippen LogP contribution < -0.4 is 5.32 Å². The van der Waals surface area contributed by atoms with Crippen molar-refractivity contribution in [2.45, 2.75) is 293 Å². The molecule has 2 rings (SSSR count). The number of ether oxygens (including phenoxy) is 4. The second kappa shape index (κ2) is 39.5. The van der Waals surface area contributed by atoms with E-state index in [0.29, 0.717) is 12.8 Å². The van der Waals surface area contributed by atoms with Crippen LogP contribution in [0.5, 0.6) is 0 Å². The molecule has 2 fully saturated rings. The molecule has 0 saturated carbocycles. The van der Waals surface area contributed by atoms with Crippen molar-refractivity contribution in [1.82, 2.24) is 5.32 Å². The van der Waals surface area contributed by atoms with Crippen LogP contribution in [0.15, 0.2) is 12.2 Å². The minimum atomic E-state index is -1.78. The second-order valence-electron chi connectivity index (χ2n) is 19.4. The first-order valence-corrected chi connectivity index (χ1v) is 26.9. The maximum atomic E-state index is 13.1. The number of allylic oxidation sites excluding steroid dienone is 2. The zero-order chi connectivity index (χ0) is 48.2. The van der Waals surface area contributed by atoms with Gasteiger partial charge in [-0.05, 0) is 38.5 Å². The van der Waals surface area contributed by atoms with E-state index in [-0.39, 0.29) is 12.5 Å². The number of carbonyl (C=O) groups is 1. The molecule has 2 saturated heterocycles. The zero-order valence-electron chi connectivity index (χ0n) is 41.5. The maximum absolute atomic E-state index is 13.1. The summed E-state index contributed by atoms with van der Waals surface area (Å²) < 4.78 is 22.7. The Bertz CT molecular complexity index is 1160. The molecular formula is C52H99NO13. The van der Waals surface area contributed by atoms with Gasteiger partial charge in [0, 0.05) is 6.42 Å². The van der Waals surface area contributed by atoms with E-state index < -0.39 is 86.8 Å². The highest BCUT2D eigenvalue weighted by atomic mass is 16.7. The highest BCUT2D eigenvalue weighted by Gasteiger charge is 2.51. The van der Waals surface area contributed by atoms with Crippen LogP contribution >= 0.6 is 0 Å². The summed E-state index contributed by atoms with van der Waals surface area (Å²) in [5.41, 5.74) is 0. The van der Waals surface area contributed by atoms with Gasteiger partial charge in [0.25, 0.3) is 0 Å².